The predicted octanol–water partition coefficient (Wildman–Crippen LogP) is 3.57. The number of anilines is 3. The quantitative estimate of drug-likeness (QED) is 0.932. The summed E-state index contributed by atoms with van der Waals surface area (Å²) in [7, 11) is 0. The molecule has 0 atom stereocenters. The zero-order valence-electron chi connectivity index (χ0n) is 12.0. The van der Waals surface area contributed by atoms with Gasteiger partial charge in [0.2, 0.25) is 5.91 Å². The Hall–Kier alpha value is -2.49. The van der Waals surface area contributed by atoms with Crippen LogP contribution in [0.3, 0.4) is 0 Å². The second-order valence-electron chi connectivity index (χ2n) is 4.97. The van der Waals surface area contributed by atoms with Crippen molar-refractivity contribution in [3.63, 3.8) is 0 Å². The van der Waals surface area contributed by atoms with Crippen LogP contribution in [0.15, 0.2) is 48.5 Å². The molecule has 4 nitrogen and oxygen atoms in total. The van der Waals surface area contributed by atoms with Gasteiger partial charge in [-0.25, -0.2) is 0 Å². The van der Waals surface area contributed by atoms with E-state index < -0.39 is 0 Å². The summed E-state index contributed by atoms with van der Waals surface area (Å²) in [4.78, 5) is 14.0. The summed E-state index contributed by atoms with van der Waals surface area (Å²) in [5, 5.41) is 2.93. The number of rotatable bonds is 4. The van der Waals surface area contributed by atoms with Gasteiger partial charge in [-0.05, 0) is 30.7 Å². The van der Waals surface area contributed by atoms with Crippen LogP contribution in [0.1, 0.15) is 13.3 Å². The molecule has 1 amide bonds. The van der Waals surface area contributed by atoms with E-state index in [-0.39, 0.29) is 5.91 Å². The third-order valence-corrected chi connectivity index (χ3v) is 3.39. The van der Waals surface area contributed by atoms with E-state index in [1.807, 2.05) is 53.4 Å². The van der Waals surface area contributed by atoms with E-state index in [1.54, 1.807) is 0 Å². The fourth-order valence-corrected chi connectivity index (χ4v) is 2.45. The van der Waals surface area contributed by atoms with Crippen LogP contribution in [0.5, 0.6) is 5.75 Å². The molecule has 0 spiro atoms. The molecule has 0 aromatic heterocycles. The van der Waals surface area contributed by atoms with Gasteiger partial charge >= 0.3 is 0 Å². The van der Waals surface area contributed by atoms with Crippen LogP contribution in [0.25, 0.3) is 0 Å². The first-order valence-corrected chi connectivity index (χ1v) is 7.18. The zero-order chi connectivity index (χ0) is 14.7. The summed E-state index contributed by atoms with van der Waals surface area (Å²) in [6, 6.07) is 15.8. The van der Waals surface area contributed by atoms with Gasteiger partial charge in [0.1, 0.15) is 18.0 Å². The topological polar surface area (TPSA) is 41.6 Å². The van der Waals surface area contributed by atoms with Gasteiger partial charge in [0.25, 0.3) is 0 Å². The van der Waals surface area contributed by atoms with Crippen molar-refractivity contribution in [3.05, 3.63) is 48.5 Å². The maximum atomic E-state index is 12.0. The largest absolute Gasteiger partial charge is 0.491 e. The van der Waals surface area contributed by atoms with Crippen LogP contribution in [0.2, 0.25) is 0 Å². The molecular weight excluding hydrogens is 264 g/mol. The number of amides is 1. The molecule has 1 N–H and O–H groups in total. The molecule has 0 saturated carbocycles. The van der Waals surface area contributed by atoms with Crippen molar-refractivity contribution in [2.75, 3.05) is 23.4 Å². The second-order valence-corrected chi connectivity index (χ2v) is 4.97. The highest BCUT2D eigenvalue weighted by molar-refractivity contribution is 6.04. The number of carbonyl (C=O) groups excluding carboxylic acids is 1. The Morgan fingerprint density at radius 2 is 1.95 bits per heavy atom. The van der Waals surface area contributed by atoms with E-state index in [0.29, 0.717) is 13.2 Å². The van der Waals surface area contributed by atoms with Crippen LogP contribution in [-0.2, 0) is 4.79 Å². The standard InChI is InChI=1S/C17H18N2O2/c1-2-11-21-15-10-6-9-14-17(15)18-16(20)12-19(14)13-7-4-3-5-8-13/h3-10H,2,11-12H2,1H3,(H,18,20). The average Bonchev–Trinajstić information content (AvgIpc) is 2.53. The molecule has 3 rings (SSSR count). The SMILES string of the molecule is CCCOc1cccc2c1NC(=O)CN2c1ccccc1. The van der Waals surface area contributed by atoms with Crippen molar-refractivity contribution in [1.29, 1.82) is 0 Å². The minimum absolute atomic E-state index is 0.0288. The Morgan fingerprint density at radius 1 is 1.14 bits per heavy atom. The minimum Gasteiger partial charge on any atom is -0.491 e. The number of hydrogen-bond donors (Lipinski definition) is 1. The van der Waals surface area contributed by atoms with E-state index in [0.717, 1.165) is 29.2 Å². The maximum absolute atomic E-state index is 12.0. The molecule has 2 aromatic rings. The molecule has 2 aromatic carbocycles. The lowest BCUT2D eigenvalue weighted by atomic mass is 10.1. The van der Waals surface area contributed by atoms with Crippen molar-refractivity contribution < 1.29 is 9.53 Å². The molecule has 0 bridgehead atoms. The Morgan fingerprint density at radius 3 is 2.71 bits per heavy atom. The molecule has 0 radical (unpaired) electrons. The molecular formula is C17H18N2O2. The van der Waals surface area contributed by atoms with Crippen molar-refractivity contribution in [3.8, 4) is 5.75 Å². The Balaban J connectivity index is 2.03. The van der Waals surface area contributed by atoms with Crippen LogP contribution >= 0.6 is 0 Å². The summed E-state index contributed by atoms with van der Waals surface area (Å²) in [5.41, 5.74) is 2.72. The van der Waals surface area contributed by atoms with E-state index in [9.17, 15) is 4.79 Å². The van der Waals surface area contributed by atoms with E-state index in [2.05, 4.69) is 12.2 Å². The lowest BCUT2D eigenvalue weighted by molar-refractivity contribution is -0.115. The lowest BCUT2D eigenvalue weighted by Gasteiger charge is -2.31. The van der Waals surface area contributed by atoms with Crippen LogP contribution in [0.4, 0.5) is 17.1 Å². The molecule has 0 saturated heterocycles. The highest BCUT2D eigenvalue weighted by atomic mass is 16.5. The third-order valence-electron chi connectivity index (χ3n) is 3.39. The second kappa shape index (κ2) is 5.87. The highest BCUT2D eigenvalue weighted by Crippen LogP contribution is 2.40. The molecule has 21 heavy (non-hydrogen) atoms. The highest BCUT2D eigenvalue weighted by Gasteiger charge is 2.25. The third kappa shape index (κ3) is 2.70. The Labute approximate surface area is 124 Å². The van der Waals surface area contributed by atoms with E-state index >= 15 is 0 Å². The van der Waals surface area contributed by atoms with Gasteiger partial charge in [-0.3, -0.25) is 4.79 Å². The van der Waals surface area contributed by atoms with Crippen LogP contribution < -0.4 is 15.0 Å². The van der Waals surface area contributed by atoms with Crippen molar-refractivity contribution >= 4 is 23.0 Å². The number of nitrogens with zero attached hydrogens (tertiary/aromatic N) is 1. The van der Waals surface area contributed by atoms with Gasteiger partial charge in [0, 0.05) is 5.69 Å². The monoisotopic (exact) mass is 282 g/mol. The zero-order valence-corrected chi connectivity index (χ0v) is 12.0. The summed E-state index contributed by atoms with van der Waals surface area (Å²) < 4.78 is 5.74. The first kappa shape index (κ1) is 13.5. The Bertz CT molecular complexity index is 640. The number of carbonyl (C=O) groups is 1. The van der Waals surface area contributed by atoms with Crippen molar-refractivity contribution in [2.45, 2.75) is 13.3 Å². The summed E-state index contributed by atoms with van der Waals surface area (Å²) in [6.45, 7) is 3.01. The van der Waals surface area contributed by atoms with Gasteiger partial charge in [-0.15, -0.1) is 0 Å². The normalized spacial score (nSPS) is 13.6. The predicted molar refractivity (Wildman–Crippen MR) is 84.3 cm³/mol. The Kier molecular flexibility index (Phi) is 3.77. The lowest BCUT2D eigenvalue weighted by Crippen LogP contribution is -2.35. The smallest absolute Gasteiger partial charge is 0.244 e. The molecule has 1 aliphatic rings. The van der Waals surface area contributed by atoms with E-state index in [4.69, 9.17) is 4.74 Å². The molecule has 0 unspecified atom stereocenters. The number of benzene rings is 2. The van der Waals surface area contributed by atoms with E-state index in [1.165, 1.54) is 0 Å². The first-order valence-electron chi connectivity index (χ1n) is 7.18. The van der Waals surface area contributed by atoms with Crippen molar-refractivity contribution in [1.82, 2.24) is 0 Å². The first-order chi connectivity index (χ1) is 10.3. The fraction of sp³-hybridized carbons (Fsp3) is 0.235. The molecule has 0 aliphatic carbocycles. The van der Waals surface area contributed by atoms with Gasteiger partial charge in [0.05, 0.1) is 12.3 Å². The fourth-order valence-electron chi connectivity index (χ4n) is 2.45. The summed E-state index contributed by atoms with van der Waals surface area (Å²) in [6.07, 6.45) is 0.931. The minimum atomic E-state index is -0.0288. The average molecular weight is 282 g/mol. The number of fused-ring (bicyclic) bond motifs is 1. The number of hydrogen-bond acceptors (Lipinski definition) is 3. The summed E-state index contributed by atoms with van der Waals surface area (Å²) >= 11 is 0. The number of ether oxygens (including phenoxy) is 1. The molecule has 4 heteroatoms. The van der Waals surface area contributed by atoms with Crippen molar-refractivity contribution in [2.24, 2.45) is 0 Å². The molecule has 1 aliphatic heterocycles. The van der Waals surface area contributed by atoms with Gasteiger partial charge in [-0.1, -0.05) is 31.2 Å². The van der Waals surface area contributed by atoms with Crippen LogP contribution in [0, 0.1) is 0 Å². The molecule has 108 valence electrons. The van der Waals surface area contributed by atoms with Gasteiger partial charge in [-0.2, -0.15) is 0 Å². The number of nitrogens with one attached hydrogen (secondary N) is 1. The van der Waals surface area contributed by atoms with Gasteiger partial charge in [0.15, 0.2) is 0 Å². The van der Waals surface area contributed by atoms with Crippen LogP contribution in [-0.4, -0.2) is 19.1 Å². The molecule has 1 heterocycles. The summed E-state index contributed by atoms with van der Waals surface area (Å²) in [5.74, 6) is 0.697. The number of para-hydroxylation sites is 2. The maximum Gasteiger partial charge on any atom is 0.244 e. The van der Waals surface area contributed by atoms with Gasteiger partial charge < -0.3 is 15.0 Å². The molecule has 0 fully saturated rings.